The fourth-order valence-electron chi connectivity index (χ4n) is 3.49. The molecule has 0 fully saturated rings. The van der Waals surface area contributed by atoms with Crippen LogP contribution in [0.4, 0.5) is 17.1 Å². The second-order valence-electron chi connectivity index (χ2n) is 7.49. The first-order valence-electron chi connectivity index (χ1n) is 10.6. The molecule has 0 saturated carbocycles. The van der Waals surface area contributed by atoms with Crippen LogP contribution in [0.25, 0.3) is 0 Å². The van der Waals surface area contributed by atoms with Crippen LogP contribution in [0.5, 0.6) is 0 Å². The van der Waals surface area contributed by atoms with Gasteiger partial charge in [0.1, 0.15) is 0 Å². The largest absolute Gasteiger partial charge is 0.322 e. The van der Waals surface area contributed by atoms with Crippen molar-refractivity contribution < 1.29 is 9.59 Å². The van der Waals surface area contributed by atoms with E-state index < -0.39 is 0 Å². The minimum Gasteiger partial charge on any atom is -0.322 e. The Kier molecular flexibility index (Phi) is 7.22. The molecule has 0 aliphatic rings. The van der Waals surface area contributed by atoms with Crippen molar-refractivity contribution >= 4 is 40.6 Å². The van der Waals surface area contributed by atoms with Crippen LogP contribution in [0.15, 0.2) is 114 Å². The first-order valence-corrected chi connectivity index (χ1v) is 11.6. The smallest absolute Gasteiger partial charge is 0.255 e. The number of nitrogens with zero attached hydrogens (tertiary/aromatic N) is 1. The highest BCUT2D eigenvalue weighted by atomic mass is 32.2. The quantitative estimate of drug-likeness (QED) is 0.317. The summed E-state index contributed by atoms with van der Waals surface area (Å²) in [5, 5.41) is 2.95. The summed E-state index contributed by atoms with van der Waals surface area (Å²) in [4.78, 5) is 28.5. The maximum Gasteiger partial charge on any atom is 0.255 e. The van der Waals surface area contributed by atoms with Crippen LogP contribution >= 0.6 is 11.8 Å². The lowest BCUT2D eigenvalue weighted by atomic mass is 10.1. The van der Waals surface area contributed by atoms with Gasteiger partial charge < -0.3 is 5.32 Å². The fraction of sp³-hybridized carbons (Fsp3) is 0.0714. The average Bonchev–Trinajstić information content (AvgIpc) is 2.85. The van der Waals surface area contributed by atoms with Gasteiger partial charge in [0, 0.05) is 27.5 Å². The van der Waals surface area contributed by atoms with Crippen molar-refractivity contribution in [3.05, 3.63) is 120 Å². The highest BCUT2D eigenvalue weighted by Crippen LogP contribution is 2.28. The topological polar surface area (TPSA) is 49.4 Å². The molecule has 4 nitrogen and oxygen atoms in total. The second kappa shape index (κ2) is 10.7. The molecule has 0 bridgehead atoms. The van der Waals surface area contributed by atoms with E-state index in [9.17, 15) is 9.59 Å². The van der Waals surface area contributed by atoms with Crippen molar-refractivity contribution in [1.82, 2.24) is 0 Å². The lowest BCUT2D eigenvalue weighted by molar-refractivity contribution is -0.115. The number of amides is 2. The van der Waals surface area contributed by atoms with Crippen molar-refractivity contribution in [3.63, 3.8) is 0 Å². The highest BCUT2D eigenvalue weighted by Gasteiger charge is 2.18. The third-order valence-electron chi connectivity index (χ3n) is 5.12. The number of para-hydroxylation sites is 2. The van der Waals surface area contributed by atoms with Gasteiger partial charge in [0.05, 0.1) is 5.75 Å². The number of thioether (sulfide) groups is 1. The van der Waals surface area contributed by atoms with E-state index in [2.05, 4.69) is 5.32 Å². The standard InChI is InChI=1S/C28H24N2O2S/c1-21-11-8-9-18-26(21)28(32)29-22-12-10-17-25(19-22)33-20-27(31)30(23-13-4-2-5-14-23)24-15-6-3-7-16-24/h2-19H,20H2,1H3,(H,29,32). The third kappa shape index (κ3) is 5.70. The monoisotopic (exact) mass is 452 g/mol. The molecule has 1 N–H and O–H groups in total. The van der Waals surface area contributed by atoms with Crippen LogP contribution in [0, 0.1) is 6.92 Å². The zero-order chi connectivity index (χ0) is 23.0. The van der Waals surface area contributed by atoms with Gasteiger partial charge in [-0.2, -0.15) is 0 Å². The number of aryl methyl sites for hydroxylation is 1. The van der Waals surface area contributed by atoms with E-state index in [0.29, 0.717) is 11.3 Å². The molecule has 0 aliphatic carbocycles. The summed E-state index contributed by atoms with van der Waals surface area (Å²) < 4.78 is 0. The molecule has 0 atom stereocenters. The van der Waals surface area contributed by atoms with Crippen molar-refractivity contribution in [2.24, 2.45) is 0 Å². The zero-order valence-electron chi connectivity index (χ0n) is 18.3. The van der Waals surface area contributed by atoms with Crippen molar-refractivity contribution in [2.75, 3.05) is 16.0 Å². The van der Waals surface area contributed by atoms with Gasteiger partial charge in [-0.1, -0.05) is 60.7 Å². The van der Waals surface area contributed by atoms with E-state index in [1.54, 1.807) is 4.90 Å². The molecule has 0 heterocycles. The summed E-state index contributed by atoms with van der Waals surface area (Å²) in [6.07, 6.45) is 0. The van der Waals surface area contributed by atoms with Crippen molar-refractivity contribution in [1.29, 1.82) is 0 Å². The van der Waals surface area contributed by atoms with Gasteiger partial charge >= 0.3 is 0 Å². The Bertz CT molecular complexity index is 1200. The third-order valence-corrected chi connectivity index (χ3v) is 6.10. The van der Waals surface area contributed by atoms with E-state index in [4.69, 9.17) is 0 Å². The van der Waals surface area contributed by atoms with Crippen molar-refractivity contribution in [2.45, 2.75) is 11.8 Å². The SMILES string of the molecule is Cc1ccccc1C(=O)Nc1cccc(SCC(=O)N(c2ccccc2)c2ccccc2)c1. The predicted octanol–water partition coefficient (Wildman–Crippen LogP) is 6.70. The molecule has 0 unspecified atom stereocenters. The Labute approximate surface area is 198 Å². The van der Waals surface area contributed by atoms with Crippen molar-refractivity contribution in [3.8, 4) is 0 Å². The van der Waals surface area contributed by atoms with Gasteiger partial charge in [-0.25, -0.2) is 0 Å². The fourth-order valence-corrected chi connectivity index (χ4v) is 4.29. The van der Waals surface area contributed by atoms with E-state index in [0.717, 1.165) is 21.8 Å². The molecule has 0 aliphatic heterocycles. The molecular formula is C28H24N2O2S. The lowest BCUT2D eigenvalue weighted by Crippen LogP contribution is -2.27. The molecule has 0 spiro atoms. The first-order chi connectivity index (χ1) is 16.1. The summed E-state index contributed by atoms with van der Waals surface area (Å²) in [7, 11) is 0. The summed E-state index contributed by atoms with van der Waals surface area (Å²) >= 11 is 1.44. The van der Waals surface area contributed by atoms with E-state index >= 15 is 0 Å². The van der Waals surface area contributed by atoms with E-state index in [1.807, 2.05) is 116 Å². The summed E-state index contributed by atoms with van der Waals surface area (Å²) in [6.45, 7) is 1.91. The molecule has 4 rings (SSSR count). The Balaban J connectivity index is 1.46. The number of carbonyl (C=O) groups excluding carboxylic acids is 2. The number of rotatable bonds is 7. The lowest BCUT2D eigenvalue weighted by Gasteiger charge is -2.23. The van der Waals surface area contributed by atoms with Crippen LogP contribution in [0.2, 0.25) is 0 Å². The zero-order valence-corrected chi connectivity index (χ0v) is 19.1. The van der Waals surface area contributed by atoms with Crippen LogP contribution in [0.3, 0.4) is 0 Å². The molecule has 5 heteroatoms. The van der Waals surface area contributed by atoms with Gasteiger partial charge in [0.25, 0.3) is 5.91 Å². The normalized spacial score (nSPS) is 10.5. The highest BCUT2D eigenvalue weighted by molar-refractivity contribution is 8.00. The number of nitrogens with one attached hydrogen (secondary N) is 1. The molecule has 2 amide bonds. The van der Waals surface area contributed by atoms with Gasteiger partial charge in [0.2, 0.25) is 5.91 Å². The number of hydrogen-bond donors (Lipinski definition) is 1. The molecule has 0 saturated heterocycles. The van der Waals surface area contributed by atoms with Gasteiger partial charge in [-0.05, 0) is 61.0 Å². The summed E-state index contributed by atoms with van der Waals surface area (Å²) in [6, 6.07) is 34.3. The Morgan fingerprint density at radius 1 is 0.758 bits per heavy atom. The number of carbonyl (C=O) groups is 2. The molecule has 4 aromatic rings. The predicted molar refractivity (Wildman–Crippen MR) is 136 cm³/mol. The first kappa shape index (κ1) is 22.4. The van der Waals surface area contributed by atoms with Crippen LogP contribution in [0.1, 0.15) is 15.9 Å². The minimum absolute atomic E-state index is 0.0215. The second-order valence-corrected chi connectivity index (χ2v) is 8.53. The molecule has 0 aromatic heterocycles. The van der Waals surface area contributed by atoms with E-state index in [-0.39, 0.29) is 17.6 Å². The van der Waals surface area contributed by atoms with Crippen LogP contribution in [-0.4, -0.2) is 17.6 Å². The van der Waals surface area contributed by atoms with Crippen LogP contribution < -0.4 is 10.2 Å². The van der Waals surface area contributed by atoms with Gasteiger partial charge in [-0.15, -0.1) is 11.8 Å². The molecular weight excluding hydrogens is 428 g/mol. The summed E-state index contributed by atoms with van der Waals surface area (Å²) in [5.41, 5.74) is 3.92. The van der Waals surface area contributed by atoms with Gasteiger partial charge in [-0.3, -0.25) is 14.5 Å². The molecule has 4 aromatic carbocycles. The van der Waals surface area contributed by atoms with Crippen LogP contribution in [-0.2, 0) is 4.79 Å². The number of benzene rings is 4. The molecule has 164 valence electrons. The Morgan fingerprint density at radius 2 is 1.36 bits per heavy atom. The maximum absolute atomic E-state index is 13.2. The molecule has 33 heavy (non-hydrogen) atoms. The number of hydrogen-bond acceptors (Lipinski definition) is 3. The van der Waals surface area contributed by atoms with E-state index in [1.165, 1.54) is 11.8 Å². The maximum atomic E-state index is 13.2. The van der Waals surface area contributed by atoms with Gasteiger partial charge in [0.15, 0.2) is 0 Å². The molecule has 0 radical (unpaired) electrons. The average molecular weight is 453 g/mol. The summed E-state index contributed by atoms with van der Waals surface area (Å²) in [5.74, 6) is 0.0938. The minimum atomic E-state index is -0.148. The number of anilines is 3. The Hall–Kier alpha value is -3.83. The Morgan fingerprint density at radius 3 is 2.00 bits per heavy atom.